The monoisotopic (exact) mass is 382 g/mol. The van der Waals surface area contributed by atoms with E-state index in [1.165, 1.54) is 18.2 Å². The van der Waals surface area contributed by atoms with E-state index in [9.17, 15) is 18.5 Å². The van der Waals surface area contributed by atoms with Crippen molar-refractivity contribution in [3.8, 4) is 0 Å². The van der Waals surface area contributed by atoms with E-state index < -0.39 is 21.0 Å². The summed E-state index contributed by atoms with van der Waals surface area (Å²) >= 11 is 0. The molecule has 0 fully saturated rings. The van der Waals surface area contributed by atoms with Gasteiger partial charge in [-0.15, -0.1) is 0 Å². The number of nitrogens with zero attached hydrogens (tertiary/aromatic N) is 1. The van der Waals surface area contributed by atoms with Crippen molar-refractivity contribution in [3.63, 3.8) is 0 Å². The van der Waals surface area contributed by atoms with Crippen molar-refractivity contribution in [1.82, 2.24) is 4.72 Å². The predicted octanol–water partition coefficient (Wildman–Crippen LogP) is 3.97. The summed E-state index contributed by atoms with van der Waals surface area (Å²) in [4.78, 5) is 10.2. The molecule has 3 aromatic rings. The van der Waals surface area contributed by atoms with Crippen molar-refractivity contribution in [2.75, 3.05) is 0 Å². The summed E-state index contributed by atoms with van der Waals surface area (Å²) in [5.41, 5.74) is 2.26. The van der Waals surface area contributed by atoms with Crippen LogP contribution in [0.3, 0.4) is 0 Å². The topological polar surface area (TPSA) is 89.3 Å². The number of nitrogens with one attached hydrogen (secondary N) is 1. The van der Waals surface area contributed by atoms with Crippen LogP contribution in [0.1, 0.15) is 22.7 Å². The summed E-state index contributed by atoms with van der Waals surface area (Å²) in [7, 11) is -3.98. The van der Waals surface area contributed by atoms with Crippen LogP contribution in [0.25, 0.3) is 0 Å². The zero-order chi connectivity index (χ0) is 19.4. The molecule has 138 valence electrons. The summed E-state index contributed by atoms with van der Waals surface area (Å²) in [6.07, 6.45) is 0. The standard InChI is InChI=1S/C20H18N2O4S/c1-15-8-5-6-13-19(15)20(16-9-3-2-4-10-16)21-27(25,26)18-12-7-11-17(14-18)22(23)24/h2-14,20-21H,1H3. The number of hydrogen-bond acceptors (Lipinski definition) is 4. The maximum Gasteiger partial charge on any atom is 0.270 e. The summed E-state index contributed by atoms with van der Waals surface area (Å²) in [5, 5.41) is 11.0. The average molecular weight is 382 g/mol. The van der Waals surface area contributed by atoms with Crippen LogP contribution in [0, 0.1) is 17.0 Å². The molecular formula is C20H18N2O4S. The molecule has 7 heteroatoms. The molecule has 0 aromatic heterocycles. The smallest absolute Gasteiger partial charge is 0.258 e. The molecule has 3 rings (SSSR count). The summed E-state index contributed by atoms with van der Waals surface area (Å²) in [6.45, 7) is 1.91. The van der Waals surface area contributed by atoms with Crippen LogP contribution in [0.15, 0.2) is 83.8 Å². The fourth-order valence-electron chi connectivity index (χ4n) is 2.85. The SMILES string of the molecule is Cc1ccccc1C(NS(=O)(=O)c1cccc([N+](=O)[O-])c1)c1ccccc1. The van der Waals surface area contributed by atoms with E-state index >= 15 is 0 Å². The lowest BCUT2D eigenvalue weighted by Crippen LogP contribution is -2.30. The van der Waals surface area contributed by atoms with E-state index in [-0.39, 0.29) is 10.6 Å². The van der Waals surface area contributed by atoms with Gasteiger partial charge in [0.25, 0.3) is 5.69 Å². The lowest BCUT2D eigenvalue weighted by atomic mass is 9.96. The largest absolute Gasteiger partial charge is 0.270 e. The normalized spacial score (nSPS) is 12.5. The molecule has 3 aromatic carbocycles. The molecule has 0 bridgehead atoms. The number of nitro groups is 1. The second-order valence-electron chi connectivity index (χ2n) is 6.08. The van der Waals surface area contributed by atoms with Crippen molar-refractivity contribution in [1.29, 1.82) is 0 Å². The minimum absolute atomic E-state index is 0.147. The molecule has 0 aliphatic rings. The molecular weight excluding hydrogens is 364 g/mol. The Bertz CT molecular complexity index is 1070. The average Bonchev–Trinajstić information content (AvgIpc) is 2.67. The summed E-state index contributed by atoms with van der Waals surface area (Å²) in [6, 6.07) is 21.1. The third-order valence-electron chi connectivity index (χ3n) is 4.24. The highest BCUT2D eigenvalue weighted by atomic mass is 32.2. The van der Waals surface area contributed by atoms with Gasteiger partial charge in [0.1, 0.15) is 0 Å². The predicted molar refractivity (Wildman–Crippen MR) is 103 cm³/mol. The van der Waals surface area contributed by atoms with Crippen molar-refractivity contribution in [3.05, 3.63) is 106 Å². The summed E-state index contributed by atoms with van der Waals surface area (Å²) in [5.74, 6) is 0. The summed E-state index contributed by atoms with van der Waals surface area (Å²) < 4.78 is 28.6. The quantitative estimate of drug-likeness (QED) is 0.516. The van der Waals surface area contributed by atoms with Crippen molar-refractivity contribution < 1.29 is 13.3 Å². The third-order valence-corrected chi connectivity index (χ3v) is 5.66. The van der Waals surface area contributed by atoms with E-state index in [4.69, 9.17) is 0 Å². The number of non-ortho nitro benzene ring substituents is 1. The van der Waals surface area contributed by atoms with E-state index in [0.29, 0.717) is 0 Å². The van der Waals surface area contributed by atoms with Gasteiger partial charge in [-0.2, -0.15) is 4.72 Å². The van der Waals surface area contributed by atoms with Crippen molar-refractivity contribution in [2.24, 2.45) is 0 Å². The lowest BCUT2D eigenvalue weighted by molar-refractivity contribution is -0.385. The first kappa shape index (κ1) is 18.8. The van der Waals surface area contributed by atoms with Crippen LogP contribution < -0.4 is 4.72 Å². The highest BCUT2D eigenvalue weighted by Crippen LogP contribution is 2.27. The van der Waals surface area contributed by atoms with Crippen molar-refractivity contribution in [2.45, 2.75) is 17.9 Å². The highest BCUT2D eigenvalue weighted by molar-refractivity contribution is 7.89. The molecule has 1 unspecified atom stereocenters. The number of benzene rings is 3. The first-order valence-electron chi connectivity index (χ1n) is 8.26. The number of rotatable bonds is 6. The first-order chi connectivity index (χ1) is 12.9. The fourth-order valence-corrected chi connectivity index (χ4v) is 4.10. The molecule has 0 heterocycles. The minimum Gasteiger partial charge on any atom is -0.258 e. The number of sulfonamides is 1. The van der Waals surface area contributed by atoms with Gasteiger partial charge in [-0.1, -0.05) is 60.7 Å². The van der Waals surface area contributed by atoms with E-state index in [2.05, 4.69) is 4.72 Å². The Balaban J connectivity index is 2.05. The van der Waals surface area contributed by atoms with Gasteiger partial charge in [-0.25, -0.2) is 8.42 Å². The molecule has 0 saturated carbocycles. The number of nitro benzene ring substituents is 1. The molecule has 1 N–H and O–H groups in total. The van der Waals surface area contributed by atoms with E-state index in [1.54, 1.807) is 0 Å². The van der Waals surface area contributed by atoms with Gasteiger partial charge in [0.15, 0.2) is 0 Å². The van der Waals surface area contributed by atoms with Crippen LogP contribution in [0.2, 0.25) is 0 Å². The second kappa shape index (κ2) is 7.69. The molecule has 0 amide bonds. The van der Waals surface area contributed by atoms with Gasteiger partial charge >= 0.3 is 0 Å². The van der Waals surface area contributed by atoms with Crippen LogP contribution in [0.5, 0.6) is 0 Å². The minimum atomic E-state index is -3.98. The Kier molecular flexibility index (Phi) is 5.34. The maximum absolute atomic E-state index is 12.9. The van der Waals surface area contributed by atoms with E-state index in [1.807, 2.05) is 61.5 Å². The molecule has 27 heavy (non-hydrogen) atoms. The van der Waals surface area contributed by atoms with Gasteiger partial charge < -0.3 is 0 Å². The third kappa shape index (κ3) is 4.21. The molecule has 6 nitrogen and oxygen atoms in total. The van der Waals surface area contributed by atoms with E-state index in [0.717, 1.165) is 22.8 Å². The zero-order valence-corrected chi connectivity index (χ0v) is 15.4. The van der Waals surface area contributed by atoms with Gasteiger partial charge in [0.05, 0.1) is 15.9 Å². The van der Waals surface area contributed by atoms with Gasteiger partial charge in [0, 0.05) is 12.1 Å². The Morgan fingerprint density at radius 3 is 2.26 bits per heavy atom. The van der Waals surface area contributed by atoms with Crippen LogP contribution in [0.4, 0.5) is 5.69 Å². The van der Waals surface area contributed by atoms with Gasteiger partial charge in [-0.3, -0.25) is 10.1 Å². The second-order valence-corrected chi connectivity index (χ2v) is 7.79. The lowest BCUT2D eigenvalue weighted by Gasteiger charge is -2.21. The van der Waals surface area contributed by atoms with Gasteiger partial charge in [0.2, 0.25) is 10.0 Å². The van der Waals surface area contributed by atoms with Crippen LogP contribution in [-0.2, 0) is 10.0 Å². The maximum atomic E-state index is 12.9. The van der Waals surface area contributed by atoms with Crippen LogP contribution in [-0.4, -0.2) is 13.3 Å². The molecule has 0 radical (unpaired) electrons. The zero-order valence-electron chi connectivity index (χ0n) is 14.6. The van der Waals surface area contributed by atoms with Crippen LogP contribution >= 0.6 is 0 Å². The Morgan fingerprint density at radius 2 is 1.59 bits per heavy atom. The van der Waals surface area contributed by atoms with Gasteiger partial charge in [-0.05, 0) is 29.7 Å². The number of aryl methyl sites for hydroxylation is 1. The number of hydrogen-bond donors (Lipinski definition) is 1. The highest BCUT2D eigenvalue weighted by Gasteiger charge is 2.25. The molecule has 0 aliphatic carbocycles. The molecule has 0 spiro atoms. The fraction of sp³-hybridized carbons (Fsp3) is 0.100. The molecule has 0 saturated heterocycles. The Hall–Kier alpha value is -3.03. The Labute approximate surface area is 157 Å². The van der Waals surface area contributed by atoms with Crippen molar-refractivity contribution >= 4 is 15.7 Å². The molecule has 0 aliphatic heterocycles. The molecule has 1 atom stereocenters. The Morgan fingerprint density at radius 1 is 0.926 bits per heavy atom. The first-order valence-corrected chi connectivity index (χ1v) is 9.74.